The molecule has 60 valence electrons. The Balaban J connectivity index is 0.000001000. The molecule has 1 rings (SSSR count). The maximum atomic E-state index is 10.2. The van der Waals surface area contributed by atoms with Crippen molar-refractivity contribution in [2.45, 2.75) is 0 Å². The van der Waals surface area contributed by atoms with Gasteiger partial charge in [-0.05, 0) is 0 Å². The second-order valence-electron chi connectivity index (χ2n) is 2.28. The zero-order chi connectivity index (χ0) is 7.40. The van der Waals surface area contributed by atoms with Crippen molar-refractivity contribution in [2.24, 2.45) is 0 Å². The number of nitrogens with zero attached hydrogens (tertiary/aromatic N) is 1. The van der Waals surface area contributed by atoms with Gasteiger partial charge in [-0.25, -0.2) is 0 Å². The molecule has 0 bridgehead atoms. The third-order valence-electron chi connectivity index (χ3n) is 1.46. The van der Waals surface area contributed by atoms with E-state index in [9.17, 15) is 4.79 Å². The van der Waals surface area contributed by atoms with Crippen LogP contribution in [0.15, 0.2) is 0 Å². The number of carbonyl (C=O) groups is 1. The van der Waals surface area contributed by atoms with Gasteiger partial charge >= 0.3 is 24.8 Å². The Morgan fingerprint density at radius 2 is 2.00 bits per heavy atom. The molecule has 1 aliphatic rings. The van der Waals surface area contributed by atoms with E-state index in [2.05, 4.69) is 0 Å². The van der Waals surface area contributed by atoms with Crippen LogP contribution in [-0.2, 0) is 9.53 Å². The summed E-state index contributed by atoms with van der Waals surface area (Å²) in [7, 11) is 0. The predicted octanol–water partition coefficient (Wildman–Crippen LogP) is -1.25. The molecule has 0 aliphatic carbocycles. The molecular weight excluding hydrogens is 141 g/mol. The van der Waals surface area contributed by atoms with Crippen LogP contribution < -0.4 is 0 Å². The average molecular weight is 153 g/mol. The van der Waals surface area contributed by atoms with Crippen LogP contribution in [-0.4, -0.2) is 67.7 Å². The summed E-state index contributed by atoms with van der Waals surface area (Å²) in [5.74, 6) is -0.762. The first-order chi connectivity index (χ1) is 4.79. The summed E-state index contributed by atoms with van der Waals surface area (Å²) >= 11 is 0. The summed E-state index contributed by atoms with van der Waals surface area (Å²) in [4.78, 5) is 12.1. The number of hydrogen-bond donors (Lipinski definition) is 1. The van der Waals surface area contributed by atoms with Gasteiger partial charge in [-0.1, -0.05) is 0 Å². The second-order valence-corrected chi connectivity index (χ2v) is 2.28. The first-order valence-corrected chi connectivity index (χ1v) is 3.31. The van der Waals surface area contributed by atoms with Gasteiger partial charge in [0.1, 0.15) is 0 Å². The van der Waals surface area contributed by atoms with Crippen LogP contribution in [0.4, 0.5) is 0 Å². The van der Waals surface area contributed by atoms with Crippen LogP contribution in [0.2, 0.25) is 0 Å². The van der Waals surface area contributed by atoms with E-state index in [0.717, 1.165) is 13.1 Å². The van der Waals surface area contributed by atoms with Crippen molar-refractivity contribution in [3.05, 3.63) is 0 Å². The van der Waals surface area contributed by atoms with Crippen molar-refractivity contribution in [1.82, 2.24) is 4.90 Å². The molecule has 11 heavy (non-hydrogen) atoms. The Morgan fingerprint density at radius 3 is 2.45 bits per heavy atom. The van der Waals surface area contributed by atoms with Gasteiger partial charge in [0.05, 0.1) is 19.8 Å². The van der Waals surface area contributed by atoms with E-state index in [-0.39, 0.29) is 25.4 Å². The molecule has 0 aromatic heterocycles. The average Bonchev–Trinajstić information content (AvgIpc) is 1.88. The van der Waals surface area contributed by atoms with Gasteiger partial charge in [-0.3, -0.25) is 9.69 Å². The summed E-state index contributed by atoms with van der Waals surface area (Å²) in [6, 6.07) is 0. The van der Waals surface area contributed by atoms with Crippen LogP contribution in [0.25, 0.3) is 0 Å². The van der Waals surface area contributed by atoms with Crippen molar-refractivity contribution in [3.8, 4) is 0 Å². The summed E-state index contributed by atoms with van der Waals surface area (Å²) in [6.45, 7) is 2.95. The van der Waals surface area contributed by atoms with Crippen LogP contribution >= 0.6 is 0 Å². The Morgan fingerprint density at radius 1 is 1.45 bits per heavy atom. The Hall–Kier alpha value is -0.0126. The van der Waals surface area contributed by atoms with Gasteiger partial charge < -0.3 is 9.84 Å². The first kappa shape index (κ1) is 11.0. The van der Waals surface area contributed by atoms with E-state index in [1.54, 1.807) is 0 Å². The molecule has 0 spiro atoms. The molecule has 0 aromatic rings. The van der Waals surface area contributed by atoms with Gasteiger partial charge in [-0.2, -0.15) is 0 Å². The standard InChI is InChI=1S/C6H11NO3.Li.H/c8-6(9)5-7-1-3-10-4-2-7;;/h1-5H2,(H,8,9);;. The zero-order valence-corrected chi connectivity index (χ0v) is 5.75. The first-order valence-electron chi connectivity index (χ1n) is 3.31. The molecular formula is C6H12LiNO3. The van der Waals surface area contributed by atoms with Crippen LogP contribution in [0.1, 0.15) is 0 Å². The van der Waals surface area contributed by atoms with Crippen molar-refractivity contribution in [1.29, 1.82) is 0 Å². The molecule has 0 atom stereocenters. The van der Waals surface area contributed by atoms with Crippen LogP contribution in [0, 0.1) is 0 Å². The molecule has 1 N–H and O–H groups in total. The normalized spacial score (nSPS) is 18.9. The third kappa shape index (κ3) is 4.43. The molecule has 1 aliphatic heterocycles. The number of ether oxygens (including phenoxy) is 1. The summed E-state index contributed by atoms with van der Waals surface area (Å²) in [6.07, 6.45) is 0. The minimum absolute atomic E-state index is 0. The molecule has 1 saturated heterocycles. The van der Waals surface area contributed by atoms with Gasteiger partial charge in [0.25, 0.3) is 0 Å². The van der Waals surface area contributed by atoms with Gasteiger partial charge in [0.15, 0.2) is 0 Å². The second kappa shape index (κ2) is 5.61. The SMILES string of the molecule is O=C(O)CN1CCOCC1.[LiH]. The monoisotopic (exact) mass is 153 g/mol. The fraction of sp³-hybridized carbons (Fsp3) is 0.833. The Labute approximate surface area is 77.7 Å². The fourth-order valence-corrected chi connectivity index (χ4v) is 0.951. The Bertz CT molecular complexity index is 125. The number of carboxylic acids is 1. The third-order valence-corrected chi connectivity index (χ3v) is 1.46. The van der Waals surface area contributed by atoms with E-state index in [4.69, 9.17) is 9.84 Å². The number of morpholine rings is 1. The van der Waals surface area contributed by atoms with Gasteiger partial charge in [-0.15, -0.1) is 0 Å². The predicted molar refractivity (Wildman–Crippen MR) is 42.0 cm³/mol. The molecule has 1 heterocycles. The van der Waals surface area contributed by atoms with Crippen LogP contribution in [0.5, 0.6) is 0 Å². The van der Waals surface area contributed by atoms with Gasteiger partial charge in [0.2, 0.25) is 0 Å². The topological polar surface area (TPSA) is 49.8 Å². The zero-order valence-electron chi connectivity index (χ0n) is 5.75. The van der Waals surface area contributed by atoms with E-state index in [1.807, 2.05) is 4.90 Å². The molecule has 0 saturated carbocycles. The van der Waals surface area contributed by atoms with E-state index >= 15 is 0 Å². The van der Waals surface area contributed by atoms with Crippen molar-refractivity contribution < 1.29 is 14.6 Å². The number of aliphatic carboxylic acids is 1. The molecule has 1 fully saturated rings. The summed E-state index contributed by atoms with van der Waals surface area (Å²) in [5, 5.41) is 8.38. The van der Waals surface area contributed by atoms with E-state index in [0.29, 0.717) is 13.2 Å². The minimum atomic E-state index is -0.762. The van der Waals surface area contributed by atoms with Gasteiger partial charge in [0, 0.05) is 13.1 Å². The molecule has 4 nitrogen and oxygen atoms in total. The summed E-state index contributed by atoms with van der Waals surface area (Å²) < 4.78 is 5.05. The van der Waals surface area contributed by atoms with Crippen LogP contribution in [0.3, 0.4) is 0 Å². The van der Waals surface area contributed by atoms with Crippen molar-refractivity contribution in [2.75, 3.05) is 32.8 Å². The number of rotatable bonds is 2. The molecule has 0 amide bonds. The quantitative estimate of drug-likeness (QED) is 0.504. The fourth-order valence-electron chi connectivity index (χ4n) is 0.951. The van der Waals surface area contributed by atoms with E-state index < -0.39 is 5.97 Å². The molecule has 0 unspecified atom stereocenters. The molecule has 0 aromatic carbocycles. The van der Waals surface area contributed by atoms with E-state index in [1.165, 1.54) is 0 Å². The summed E-state index contributed by atoms with van der Waals surface area (Å²) in [5.41, 5.74) is 0. The number of carboxylic acid groups (broad SMARTS) is 1. The molecule has 5 heteroatoms. The maximum absolute atomic E-state index is 10.2. The Kier molecular flexibility index (Phi) is 5.61. The van der Waals surface area contributed by atoms with Crippen molar-refractivity contribution in [3.63, 3.8) is 0 Å². The molecule has 0 radical (unpaired) electrons. The van der Waals surface area contributed by atoms with Crippen molar-refractivity contribution >= 4 is 24.8 Å². The number of hydrogen-bond acceptors (Lipinski definition) is 3.